The van der Waals surface area contributed by atoms with E-state index in [2.05, 4.69) is 69.0 Å². The SMILES string of the molecule is CCC[C@H](Br)C(=O)Nc1nc2c(Br)cc(C)c(C)c2s1. The van der Waals surface area contributed by atoms with Crippen LogP contribution >= 0.6 is 43.2 Å². The van der Waals surface area contributed by atoms with Crippen LogP contribution < -0.4 is 5.32 Å². The summed E-state index contributed by atoms with van der Waals surface area (Å²) < 4.78 is 2.09. The lowest BCUT2D eigenvalue weighted by Gasteiger charge is -2.06. The monoisotopic (exact) mass is 418 g/mol. The number of aromatic nitrogens is 1. The van der Waals surface area contributed by atoms with E-state index in [-0.39, 0.29) is 10.7 Å². The van der Waals surface area contributed by atoms with E-state index < -0.39 is 0 Å². The number of carbonyl (C=O) groups is 1. The van der Waals surface area contributed by atoms with Crippen LogP contribution in [0.3, 0.4) is 0 Å². The Morgan fingerprint density at radius 1 is 1.50 bits per heavy atom. The fourth-order valence-electron chi connectivity index (χ4n) is 1.90. The topological polar surface area (TPSA) is 42.0 Å². The molecule has 20 heavy (non-hydrogen) atoms. The Morgan fingerprint density at radius 2 is 2.20 bits per heavy atom. The molecule has 1 atom stereocenters. The Hall–Kier alpha value is -0.460. The van der Waals surface area contributed by atoms with Crippen LogP contribution in [0.5, 0.6) is 0 Å². The Labute approximate surface area is 139 Å². The first-order valence-electron chi connectivity index (χ1n) is 6.45. The standard InChI is InChI=1S/C14H16Br2N2OS/c1-4-5-9(15)13(19)18-14-17-11-10(16)6-7(2)8(3)12(11)20-14/h6,9H,4-5H2,1-3H3,(H,17,18,19)/t9-/m0/s1. The molecule has 0 saturated heterocycles. The zero-order valence-corrected chi connectivity index (χ0v) is 15.6. The molecule has 0 fully saturated rings. The van der Waals surface area contributed by atoms with Gasteiger partial charge >= 0.3 is 0 Å². The van der Waals surface area contributed by atoms with Crippen molar-refractivity contribution < 1.29 is 4.79 Å². The van der Waals surface area contributed by atoms with Gasteiger partial charge in [0.2, 0.25) is 5.91 Å². The van der Waals surface area contributed by atoms with Gasteiger partial charge in [0, 0.05) is 4.47 Å². The highest BCUT2D eigenvalue weighted by Crippen LogP contribution is 2.35. The minimum absolute atomic E-state index is 0.0311. The van der Waals surface area contributed by atoms with Crippen molar-refractivity contribution in [3.8, 4) is 0 Å². The number of hydrogen-bond acceptors (Lipinski definition) is 3. The Kier molecular flexibility index (Phi) is 5.20. The van der Waals surface area contributed by atoms with Crippen molar-refractivity contribution in [2.45, 2.75) is 38.4 Å². The molecule has 0 aliphatic rings. The number of benzene rings is 1. The van der Waals surface area contributed by atoms with Crippen molar-refractivity contribution in [3.63, 3.8) is 0 Å². The molecule has 0 bridgehead atoms. The predicted molar refractivity (Wildman–Crippen MR) is 93.0 cm³/mol. The molecule has 2 aromatic rings. The van der Waals surface area contributed by atoms with E-state index >= 15 is 0 Å². The van der Waals surface area contributed by atoms with E-state index in [1.54, 1.807) is 0 Å². The summed E-state index contributed by atoms with van der Waals surface area (Å²) in [5, 5.41) is 3.54. The third-order valence-corrected chi connectivity index (χ3v) is 5.75. The third-order valence-electron chi connectivity index (χ3n) is 3.19. The first-order chi connectivity index (χ1) is 9.43. The van der Waals surface area contributed by atoms with Gasteiger partial charge in [-0.25, -0.2) is 4.98 Å². The number of aryl methyl sites for hydroxylation is 2. The summed E-state index contributed by atoms with van der Waals surface area (Å²) in [5.41, 5.74) is 3.34. The number of hydrogen-bond donors (Lipinski definition) is 1. The summed E-state index contributed by atoms with van der Waals surface area (Å²) in [7, 11) is 0. The maximum atomic E-state index is 12.0. The quantitative estimate of drug-likeness (QED) is 0.693. The van der Waals surface area contributed by atoms with Crippen LogP contribution in [-0.2, 0) is 4.79 Å². The second kappa shape index (κ2) is 6.54. The predicted octanol–water partition coefficient (Wildman–Crippen LogP) is 5.18. The number of fused-ring (bicyclic) bond motifs is 1. The van der Waals surface area contributed by atoms with Gasteiger partial charge in [0.25, 0.3) is 0 Å². The minimum atomic E-state index is -0.161. The van der Waals surface area contributed by atoms with Gasteiger partial charge in [-0.3, -0.25) is 4.79 Å². The average Bonchev–Trinajstić information content (AvgIpc) is 2.81. The van der Waals surface area contributed by atoms with Crippen LogP contribution in [0.1, 0.15) is 30.9 Å². The normalized spacial score (nSPS) is 12.7. The van der Waals surface area contributed by atoms with Crippen molar-refractivity contribution in [2.75, 3.05) is 5.32 Å². The molecule has 3 nitrogen and oxygen atoms in total. The molecule has 1 aromatic carbocycles. The lowest BCUT2D eigenvalue weighted by Crippen LogP contribution is -2.22. The maximum Gasteiger partial charge on any atom is 0.239 e. The van der Waals surface area contributed by atoms with E-state index in [0.29, 0.717) is 5.13 Å². The lowest BCUT2D eigenvalue weighted by atomic mass is 10.1. The van der Waals surface area contributed by atoms with Gasteiger partial charge in [0.15, 0.2) is 5.13 Å². The Bertz CT molecular complexity index is 654. The maximum absolute atomic E-state index is 12.0. The smallest absolute Gasteiger partial charge is 0.239 e. The number of alkyl halides is 1. The Morgan fingerprint density at radius 3 is 2.85 bits per heavy atom. The summed E-state index contributed by atoms with van der Waals surface area (Å²) in [4.78, 5) is 16.4. The highest BCUT2D eigenvalue weighted by atomic mass is 79.9. The summed E-state index contributed by atoms with van der Waals surface area (Å²) in [6, 6.07) is 2.06. The molecule has 0 aliphatic carbocycles. The van der Waals surface area contributed by atoms with Crippen LogP contribution in [0.25, 0.3) is 10.2 Å². The van der Waals surface area contributed by atoms with E-state index in [9.17, 15) is 4.79 Å². The molecule has 2 rings (SSSR count). The summed E-state index contributed by atoms with van der Waals surface area (Å²) in [5.74, 6) is -0.0311. The number of halogens is 2. The summed E-state index contributed by atoms with van der Waals surface area (Å²) in [6.45, 7) is 6.22. The van der Waals surface area contributed by atoms with Crippen molar-refractivity contribution in [1.82, 2.24) is 4.98 Å². The van der Waals surface area contributed by atoms with Crippen LogP contribution in [0, 0.1) is 13.8 Å². The number of nitrogens with one attached hydrogen (secondary N) is 1. The molecule has 0 unspecified atom stereocenters. The van der Waals surface area contributed by atoms with E-state index in [1.165, 1.54) is 22.5 Å². The first-order valence-corrected chi connectivity index (χ1v) is 8.97. The van der Waals surface area contributed by atoms with Gasteiger partial charge < -0.3 is 5.32 Å². The van der Waals surface area contributed by atoms with Crippen LogP contribution in [0.2, 0.25) is 0 Å². The minimum Gasteiger partial charge on any atom is -0.301 e. The van der Waals surface area contributed by atoms with Gasteiger partial charge in [-0.05, 0) is 53.4 Å². The highest BCUT2D eigenvalue weighted by Gasteiger charge is 2.17. The molecule has 0 saturated carbocycles. The molecule has 1 aromatic heterocycles. The van der Waals surface area contributed by atoms with Gasteiger partial charge in [0.1, 0.15) is 0 Å². The molecule has 0 spiro atoms. The second-order valence-electron chi connectivity index (χ2n) is 4.74. The van der Waals surface area contributed by atoms with E-state index in [4.69, 9.17) is 0 Å². The van der Waals surface area contributed by atoms with Crippen LogP contribution in [0.4, 0.5) is 5.13 Å². The zero-order chi connectivity index (χ0) is 14.9. The highest BCUT2D eigenvalue weighted by molar-refractivity contribution is 9.10. The number of thiazole rings is 1. The Balaban J connectivity index is 2.31. The molecule has 0 radical (unpaired) electrons. The number of carbonyl (C=O) groups excluding carboxylic acids is 1. The van der Waals surface area contributed by atoms with Gasteiger partial charge in [-0.2, -0.15) is 0 Å². The number of nitrogens with zero attached hydrogens (tertiary/aromatic N) is 1. The average molecular weight is 420 g/mol. The molecule has 1 N–H and O–H groups in total. The lowest BCUT2D eigenvalue weighted by molar-refractivity contribution is -0.115. The molecule has 1 heterocycles. The van der Waals surface area contributed by atoms with Gasteiger partial charge in [0.05, 0.1) is 15.0 Å². The summed E-state index contributed by atoms with van der Waals surface area (Å²) >= 11 is 8.46. The molecular formula is C14H16Br2N2OS. The van der Waals surface area contributed by atoms with Gasteiger partial charge in [-0.15, -0.1) is 0 Å². The third kappa shape index (κ3) is 3.23. The number of anilines is 1. The molecule has 1 amide bonds. The van der Waals surface area contributed by atoms with E-state index in [1.807, 2.05) is 0 Å². The van der Waals surface area contributed by atoms with Crippen molar-refractivity contribution in [3.05, 3.63) is 21.7 Å². The molecule has 6 heteroatoms. The zero-order valence-electron chi connectivity index (χ0n) is 11.6. The van der Waals surface area contributed by atoms with Crippen molar-refractivity contribution >= 4 is 64.5 Å². The second-order valence-corrected chi connectivity index (χ2v) is 7.70. The largest absolute Gasteiger partial charge is 0.301 e. The molecule has 108 valence electrons. The van der Waals surface area contributed by atoms with Crippen molar-refractivity contribution in [2.24, 2.45) is 0 Å². The van der Waals surface area contributed by atoms with Crippen molar-refractivity contribution in [1.29, 1.82) is 0 Å². The summed E-state index contributed by atoms with van der Waals surface area (Å²) in [6.07, 6.45) is 1.78. The van der Waals surface area contributed by atoms with E-state index in [0.717, 1.165) is 27.5 Å². The van der Waals surface area contributed by atoms with Crippen LogP contribution in [-0.4, -0.2) is 15.7 Å². The first kappa shape index (κ1) is 15.9. The fourth-order valence-corrected chi connectivity index (χ4v) is 4.29. The number of rotatable bonds is 4. The van der Waals surface area contributed by atoms with Gasteiger partial charge in [-0.1, -0.05) is 40.6 Å². The number of amides is 1. The van der Waals surface area contributed by atoms with Crippen LogP contribution in [0.15, 0.2) is 10.5 Å². The fraction of sp³-hybridized carbons (Fsp3) is 0.429. The molecule has 0 aliphatic heterocycles. The molecular weight excluding hydrogens is 404 g/mol.